The number of carbonyl (C=O) groups is 1. The van der Waals surface area contributed by atoms with E-state index in [1.54, 1.807) is 6.26 Å². The van der Waals surface area contributed by atoms with Crippen LogP contribution in [0.5, 0.6) is 0 Å². The van der Waals surface area contributed by atoms with Gasteiger partial charge in [-0.25, -0.2) is 0 Å². The molecule has 1 unspecified atom stereocenters. The minimum Gasteiger partial charge on any atom is -0.469 e. The zero-order valence-corrected chi connectivity index (χ0v) is 10.9. The lowest BCUT2D eigenvalue weighted by molar-refractivity contribution is -0.116. The highest BCUT2D eigenvalue weighted by Crippen LogP contribution is 2.21. The summed E-state index contributed by atoms with van der Waals surface area (Å²) < 4.78 is 5.20. The van der Waals surface area contributed by atoms with Crippen LogP contribution in [0.15, 0.2) is 47.1 Å². The van der Waals surface area contributed by atoms with Crippen molar-refractivity contribution < 1.29 is 9.21 Å². The second-order valence-corrected chi connectivity index (χ2v) is 4.50. The summed E-state index contributed by atoms with van der Waals surface area (Å²) >= 11 is 0. The second-order valence-electron chi connectivity index (χ2n) is 4.50. The van der Waals surface area contributed by atoms with E-state index in [4.69, 9.17) is 10.2 Å². The molecule has 0 spiro atoms. The van der Waals surface area contributed by atoms with E-state index in [9.17, 15) is 4.79 Å². The molecule has 0 radical (unpaired) electrons. The molecule has 4 nitrogen and oxygen atoms in total. The molecule has 2 rings (SSSR count). The molecule has 19 heavy (non-hydrogen) atoms. The first-order valence-electron chi connectivity index (χ1n) is 6.33. The maximum absolute atomic E-state index is 11.9. The Balaban J connectivity index is 1.95. The van der Waals surface area contributed by atoms with Gasteiger partial charge < -0.3 is 15.5 Å². The van der Waals surface area contributed by atoms with E-state index in [0.717, 1.165) is 17.0 Å². The monoisotopic (exact) mass is 258 g/mol. The molecule has 2 aromatic rings. The molecule has 1 atom stereocenters. The number of amides is 1. The maximum atomic E-state index is 11.9. The van der Waals surface area contributed by atoms with E-state index in [0.29, 0.717) is 12.8 Å². The van der Waals surface area contributed by atoms with Gasteiger partial charge in [-0.2, -0.15) is 0 Å². The number of rotatable bonds is 5. The predicted octanol–water partition coefficient (Wildman–Crippen LogP) is 2.87. The molecular formula is C15H18N2O2. The first kappa shape index (κ1) is 13.4. The third kappa shape index (κ3) is 3.69. The molecule has 0 saturated heterocycles. The van der Waals surface area contributed by atoms with Crippen molar-refractivity contribution in [1.82, 2.24) is 0 Å². The van der Waals surface area contributed by atoms with Crippen molar-refractivity contribution in [3.63, 3.8) is 0 Å². The number of furan rings is 1. The van der Waals surface area contributed by atoms with E-state index in [-0.39, 0.29) is 11.9 Å². The first-order chi connectivity index (χ1) is 9.16. The minimum absolute atomic E-state index is 0.0375. The van der Waals surface area contributed by atoms with Crippen LogP contribution < -0.4 is 11.1 Å². The lowest BCUT2D eigenvalue weighted by Crippen LogP contribution is -2.16. The molecule has 100 valence electrons. The third-order valence-electron chi connectivity index (χ3n) is 2.90. The van der Waals surface area contributed by atoms with Gasteiger partial charge in [-0.3, -0.25) is 4.79 Å². The van der Waals surface area contributed by atoms with Crippen molar-refractivity contribution in [2.24, 2.45) is 5.73 Å². The van der Waals surface area contributed by atoms with Crippen LogP contribution in [0.1, 0.15) is 30.7 Å². The fourth-order valence-electron chi connectivity index (χ4n) is 1.91. The van der Waals surface area contributed by atoms with Gasteiger partial charge in [0.1, 0.15) is 5.76 Å². The van der Waals surface area contributed by atoms with E-state index < -0.39 is 0 Å². The van der Waals surface area contributed by atoms with Gasteiger partial charge in [-0.05, 0) is 30.7 Å². The van der Waals surface area contributed by atoms with E-state index >= 15 is 0 Å². The number of carbonyl (C=O) groups excluding carboxylic acids is 1. The van der Waals surface area contributed by atoms with Crippen LogP contribution in [0.2, 0.25) is 0 Å². The summed E-state index contributed by atoms with van der Waals surface area (Å²) in [5.41, 5.74) is 7.59. The standard InChI is InChI=1S/C15H18N2O2/c1-11(16)13-6-2-3-7-14(13)17-15(18)9-8-12-5-4-10-19-12/h2-7,10-11H,8-9,16H2,1H3,(H,17,18). The predicted molar refractivity (Wildman–Crippen MR) is 74.7 cm³/mol. The summed E-state index contributed by atoms with van der Waals surface area (Å²) in [5.74, 6) is 0.778. The fraction of sp³-hybridized carbons (Fsp3) is 0.267. The highest BCUT2D eigenvalue weighted by Gasteiger charge is 2.09. The van der Waals surface area contributed by atoms with Crippen LogP contribution >= 0.6 is 0 Å². The summed E-state index contributed by atoms with van der Waals surface area (Å²) in [4.78, 5) is 11.9. The molecule has 1 aromatic carbocycles. The van der Waals surface area contributed by atoms with Gasteiger partial charge in [-0.1, -0.05) is 18.2 Å². The lowest BCUT2D eigenvalue weighted by Gasteiger charge is -2.13. The Kier molecular flexibility index (Phi) is 4.36. The van der Waals surface area contributed by atoms with Crippen LogP contribution in [0.4, 0.5) is 5.69 Å². The molecule has 0 aliphatic rings. The van der Waals surface area contributed by atoms with Gasteiger partial charge >= 0.3 is 0 Å². The van der Waals surface area contributed by atoms with Crippen molar-refractivity contribution in [3.05, 3.63) is 54.0 Å². The van der Waals surface area contributed by atoms with Crippen molar-refractivity contribution in [1.29, 1.82) is 0 Å². The van der Waals surface area contributed by atoms with Gasteiger partial charge in [0.2, 0.25) is 5.91 Å². The topological polar surface area (TPSA) is 68.3 Å². The zero-order chi connectivity index (χ0) is 13.7. The van der Waals surface area contributed by atoms with Crippen LogP contribution in [-0.4, -0.2) is 5.91 Å². The summed E-state index contributed by atoms with van der Waals surface area (Å²) in [5, 5.41) is 2.89. The molecule has 0 aliphatic heterocycles. The largest absolute Gasteiger partial charge is 0.469 e. The number of nitrogens with two attached hydrogens (primary N) is 1. The molecule has 4 heteroatoms. The fourth-order valence-corrected chi connectivity index (χ4v) is 1.91. The summed E-state index contributed by atoms with van der Waals surface area (Å²) in [7, 11) is 0. The summed E-state index contributed by atoms with van der Waals surface area (Å²) in [6.45, 7) is 1.90. The Morgan fingerprint density at radius 1 is 1.32 bits per heavy atom. The number of nitrogens with one attached hydrogen (secondary N) is 1. The number of hydrogen-bond donors (Lipinski definition) is 2. The Hall–Kier alpha value is -2.07. The summed E-state index contributed by atoms with van der Waals surface area (Å²) in [6, 6.07) is 11.2. The van der Waals surface area contributed by atoms with Crippen molar-refractivity contribution >= 4 is 11.6 Å². The Labute approximate surface area is 112 Å². The quantitative estimate of drug-likeness (QED) is 0.866. The normalized spacial score (nSPS) is 12.1. The highest BCUT2D eigenvalue weighted by atomic mass is 16.3. The maximum Gasteiger partial charge on any atom is 0.224 e. The van der Waals surface area contributed by atoms with Crippen LogP contribution in [-0.2, 0) is 11.2 Å². The average Bonchev–Trinajstić information content (AvgIpc) is 2.90. The lowest BCUT2D eigenvalue weighted by atomic mass is 10.1. The van der Waals surface area contributed by atoms with E-state index in [2.05, 4.69) is 5.32 Å². The molecule has 0 fully saturated rings. The molecule has 1 heterocycles. The minimum atomic E-state index is -0.110. The van der Waals surface area contributed by atoms with Gasteiger partial charge in [0.15, 0.2) is 0 Å². The SMILES string of the molecule is CC(N)c1ccccc1NC(=O)CCc1ccco1. The van der Waals surface area contributed by atoms with Gasteiger partial charge in [-0.15, -0.1) is 0 Å². The number of hydrogen-bond acceptors (Lipinski definition) is 3. The Bertz CT molecular complexity index is 533. The van der Waals surface area contributed by atoms with Crippen molar-refractivity contribution in [2.45, 2.75) is 25.8 Å². The highest BCUT2D eigenvalue weighted by molar-refractivity contribution is 5.91. The zero-order valence-electron chi connectivity index (χ0n) is 10.9. The molecule has 0 bridgehead atoms. The van der Waals surface area contributed by atoms with Crippen LogP contribution in [0.3, 0.4) is 0 Å². The first-order valence-corrected chi connectivity index (χ1v) is 6.33. The Morgan fingerprint density at radius 2 is 2.11 bits per heavy atom. The smallest absolute Gasteiger partial charge is 0.224 e. The Morgan fingerprint density at radius 3 is 2.79 bits per heavy atom. The molecular weight excluding hydrogens is 240 g/mol. The molecule has 1 aromatic heterocycles. The number of aryl methyl sites for hydroxylation is 1. The van der Waals surface area contributed by atoms with Crippen LogP contribution in [0.25, 0.3) is 0 Å². The van der Waals surface area contributed by atoms with Crippen LogP contribution in [0, 0.1) is 0 Å². The number of benzene rings is 1. The van der Waals surface area contributed by atoms with E-state index in [1.165, 1.54) is 0 Å². The number of anilines is 1. The van der Waals surface area contributed by atoms with Gasteiger partial charge in [0.05, 0.1) is 6.26 Å². The van der Waals surface area contributed by atoms with Gasteiger partial charge in [0.25, 0.3) is 0 Å². The molecule has 0 saturated carbocycles. The van der Waals surface area contributed by atoms with Gasteiger partial charge in [0, 0.05) is 24.6 Å². The van der Waals surface area contributed by atoms with Crippen molar-refractivity contribution in [2.75, 3.05) is 5.32 Å². The number of para-hydroxylation sites is 1. The third-order valence-corrected chi connectivity index (χ3v) is 2.90. The second kappa shape index (κ2) is 6.20. The van der Waals surface area contributed by atoms with Crippen molar-refractivity contribution in [3.8, 4) is 0 Å². The molecule has 3 N–H and O–H groups in total. The molecule has 1 amide bonds. The molecule has 0 aliphatic carbocycles. The summed E-state index contributed by atoms with van der Waals surface area (Å²) in [6.07, 6.45) is 2.60. The van der Waals surface area contributed by atoms with E-state index in [1.807, 2.05) is 43.3 Å². The average molecular weight is 258 g/mol.